The summed E-state index contributed by atoms with van der Waals surface area (Å²) in [5.74, 6) is 0.287. The smallest absolute Gasteiger partial charge is 0.253 e. The fraction of sp³-hybridized carbons (Fsp3) is 0.323. The fourth-order valence-electron chi connectivity index (χ4n) is 5.74. The van der Waals surface area contributed by atoms with Crippen molar-refractivity contribution >= 4 is 46.6 Å². The van der Waals surface area contributed by atoms with Gasteiger partial charge in [-0.3, -0.25) is 14.4 Å². The SMILES string of the molecule is COc1ccccc1CCNC(=O)CN1CN(c2ccccc2)C2(CCN(C(=O)c3cc(Cl)cc(Cl)c3)CC2)C1=O. The first kappa shape index (κ1) is 28.8. The number of ether oxygens (including phenoxy) is 1. The van der Waals surface area contributed by atoms with Gasteiger partial charge >= 0.3 is 0 Å². The van der Waals surface area contributed by atoms with Crippen molar-refractivity contribution < 1.29 is 19.1 Å². The fourth-order valence-corrected chi connectivity index (χ4v) is 6.26. The van der Waals surface area contributed by atoms with Crippen LogP contribution in [0.3, 0.4) is 0 Å². The van der Waals surface area contributed by atoms with Crippen molar-refractivity contribution in [1.29, 1.82) is 0 Å². The van der Waals surface area contributed by atoms with Gasteiger partial charge in [0, 0.05) is 40.9 Å². The molecule has 2 heterocycles. The number of carbonyl (C=O) groups is 3. The minimum atomic E-state index is -0.845. The van der Waals surface area contributed by atoms with Gasteiger partial charge in [0.1, 0.15) is 17.8 Å². The predicted molar refractivity (Wildman–Crippen MR) is 160 cm³/mol. The first-order valence-electron chi connectivity index (χ1n) is 13.6. The molecular formula is C31H32Cl2N4O4. The Morgan fingerprint density at radius 1 is 0.951 bits per heavy atom. The molecule has 3 aromatic carbocycles. The number of methoxy groups -OCH3 is 1. The summed E-state index contributed by atoms with van der Waals surface area (Å²) in [5, 5.41) is 3.74. The average molecular weight is 596 g/mol. The number of benzene rings is 3. The molecule has 3 amide bonds. The first-order valence-corrected chi connectivity index (χ1v) is 14.3. The van der Waals surface area contributed by atoms with Gasteiger partial charge < -0.3 is 24.8 Å². The van der Waals surface area contributed by atoms with Gasteiger partial charge in [-0.05, 0) is 61.2 Å². The summed E-state index contributed by atoms with van der Waals surface area (Å²) >= 11 is 12.2. The first-order chi connectivity index (χ1) is 19.8. The van der Waals surface area contributed by atoms with Crippen LogP contribution < -0.4 is 15.0 Å². The minimum Gasteiger partial charge on any atom is -0.496 e. The highest BCUT2D eigenvalue weighted by Gasteiger charge is 2.54. The molecule has 2 aliphatic heterocycles. The molecule has 2 aliphatic rings. The molecule has 2 fully saturated rings. The van der Waals surface area contributed by atoms with Gasteiger partial charge in [-0.1, -0.05) is 59.6 Å². The third kappa shape index (κ3) is 6.14. The number of nitrogens with zero attached hydrogens (tertiary/aromatic N) is 3. The third-order valence-corrected chi connectivity index (χ3v) is 8.25. The predicted octanol–water partition coefficient (Wildman–Crippen LogP) is 4.64. The van der Waals surface area contributed by atoms with Crippen molar-refractivity contribution in [3.05, 3.63) is 94.0 Å². The topological polar surface area (TPSA) is 82.2 Å². The Kier molecular flexibility index (Phi) is 8.71. The van der Waals surface area contributed by atoms with E-state index in [0.29, 0.717) is 61.2 Å². The van der Waals surface area contributed by atoms with Gasteiger partial charge in [-0.15, -0.1) is 0 Å². The number of para-hydroxylation sites is 2. The van der Waals surface area contributed by atoms with E-state index in [1.54, 1.807) is 35.1 Å². The summed E-state index contributed by atoms with van der Waals surface area (Å²) < 4.78 is 5.39. The highest BCUT2D eigenvalue weighted by molar-refractivity contribution is 6.35. The van der Waals surface area contributed by atoms with E-state index in [1.165, 1.54) is 0 Å². The van der Waals surface area contributed by atoms with E-state index >= 15 is 0 Å². The highest BCUT2D eigenvalue weighted by atomic mass is 35.5. The van der Waals surface area contributed by atoms with E-state index in [4.69, 9.17) is 27.9 Å². The Morgan fingerprint density at radius 2 is 1.61 bits per heavy atom. The second kappa shape index (κ2) is 12.4. The molecule has 1 spiro atoms. The Labute approximate surface area is 249 Å². The molecule has 5 rings (SSSR count). The summed E-state index contributed by atoms with van der Waals surface area (Å²) in [7, 11) is 1.62. The number of halogens is 2. The third-order valence-electron chi connectivity index (χ3n) is 7.81. The maximum Gasteiger partial charge on any atom is 0.253 e. The molecule has 0 aliphatic carbocycles. The second-order valence-corrected chi connectivity index (χ2v) is 11.2. The average Bonchev–Trinajstić information content (AvgIpc) is 3.23. The van der Waals surface area contributed by atoms with E-state index < -0.39 is 5.54 Å². The zero-order valence-electron chi connectivity index (χ0n) is 22.8. The second-order valence-electron chi connectivity index (χ2n) is 10.3. The number of carbonyl (C=O) groups excluding carboxylic acids is 3. The normalized spacial score (nSPS) is 16.3. The van der Waals surface area contributed by atoms with E-state index in [0.717, 1.165) is 17.0 Å². The number of nitrogens with one attached hydrogen (secondary N) is 1. The monoisotopic (exact) mass is 594 g/mol. The van der Waals surface area contributed by atoms with Crippen LogP contribution in [-0.4, -0.2) is 73.0 Å². The Bertz CT molecular complexity index is 1410. The molecule has 0 saturated carbocycles. The number of amides is 3. The number of likely N-dealkylation sites (tertiary alicyclic amines) is 1. The number of anilines is 1. The summed E-state index contributed by atoms with van der Waals surface area (Å²) in [4.78, 5) is 45.5. The lowest BCUT2D eigenvalue weighted by molar-refractivity contribution is -0.137. The number of hydrogen-bond donors (Lipinski definition) is 1. The zero-order chi connectivity index (χ0) is 29.0. The molecule has 0 radical (unpaired) electrons. The van der Waals surface area contributed by atoms with E-state index in [9.17, 15) is 14.4 Å². The molecule has 41 heavy (non-hydrogen) atoms. The van der Waals surface area contributed by atoms with Crippen molar-refractivity contribution in [3.8, 4) is 5.75 Å². The van der Waals surface area contributed by atoms with Crippen LogP contribution in [0, 0.1) is 0 Å². The van der Waals surface area contributed by atoms with Gasteiger partial charge in [0.05, 0.1) is 13.8 Å². The molecule has 0 aromatic heterocycles. The van der Waals surface area contributed by atoms with Gasteiger partial charge in [-0.25, -0.2) is 0 Å². The van der Waals surface area contributed by atoms with Crippen molar-refractivity contribution in [3.63, 3.8) is 0 Å². The molecule has 10 heteroatoms. The van der Waals surface area contributed by atoms with Crippen LogP contribution in [0.2, 0.25) is 10.0 Å². The molecule has 1 N–H and O–H groups in total. The van der Waals surface area contributed by atoms with Crippen molar-refractivity contribution in [1.82, 2.24) is 15.1 Å². The van der Waals surface area contributed by atoms with E-state index in [-0.39, 0.29) is 24.3 Å². The maximum absolute atomic E-state index is 14.0. The molecular weight excluding hydrogens is 563 g/mol. The van der Waals surface area contributed by atoms with Crippen molar-refractivity contribution in [2.75, 3.05) is 44.9 Å². The number of piperidine rings is 1. The summed E-state index contributed by atoms with van der Waals surface area (Å²) in [6.45, 7) is 1.45. The lowest BCUT2D eigenvalue weighted by atomic mass is 9.85. The Hall–Kier alpha value is -3.75. The summed E-state index contributed by atoms with van der Waals surface area (Å²) in [6.07, 6.45) is 1.49. The van der Waals surface area contributed by atoms with Crippen LogP contribution >= 0.6 is 23.2 Å². The molecule has 0 bridgehead atoms. The Balaban J connectivity index is 1.27. The van der Waals surface area contributed by atoms with Crippen LogP contribution in [0.5, 0.6) is 5.75 Å². The van der Waals surface area contributed by atoms with Gasteiger partial charge in [0.25, 0.3) is 11.8 Å². The van der Waals surface area contributed by atoms with Gasteiger partial charge in [-0.2, -0.15) is 0 Å². The van der Waals surface area contributed by atoms with Crippen molar-refractivity contribution in [2.24, 2.45) is 0 Å². The molecule has 214 valence electrons. The highest BCUT2D eigenvalue weighted by Crippen LogP contribution is 2.39. The van der Waals surface area contributed by atoms with E-state index in [1.807, 2.05) is 54.6 Å². The quantitative estimate of drug-likeness (QED) is 0.411. The molecule has 0 unspecified atom stereocenters. The summed E-state index contributed by atoms with van der Waals surface area (Å²) in [5.41, 5.74) is 1.48. The molecule has 3 aromatic rings. The van der Waals surface area contributed by atoms with Gasteiger partial charge in [0.15, 0.2) is 0 Å². The van der Waals surface area contributed by atoms with Crippen LogP contribution in [0.15, 0.2) is 72.8 Å². The van der Waals surface area contributed by atoms with Crippen LogP contribution in [0.25, 0.3) is 0 Å². The molecule has 2 saturated heterocycles. The largest absolute Gasteiger partial charge is 0.496 e. The van der Waals surface area contributed by atoms with Crippen LogP contribution in [0.4, 0.5) is 5.69 Å². The van der Waals surface area contributed by atoms with Crippen LogP contribution in [-0.2, 0) is 16.0 Å². The lowest BCUT2D eigenvalue weighted by Gasteiger charge is -2.43. The van der Waals surface area contributed by atoms with Crippen molar-refractivity contribution in [2.45, 2.75) is 24.8 Å². The van der Waals surface area contributed by atoms with Crippen LogP contribution in [0.1, 0.15) is 28.8 Å². The standard InChI is InChI=1S/C31H32Cl2N4O4/c1-41-27-10-6-5-7-22(27)11-14-34-28(38)20-36-21-37(26-8-3-2-4-9-26)31(30(36)40)12-15-35(16-13-31)29(39)23-17-24(32)19-25(33)18-23/h2-10,17-19H,11-16,20-21H2,1H3,(H,34,38). The lowest BCUT2D eigenvalue weighted by Crippen LogP contribution is -2.57. The molecule has 8 nitrogen and oxygen atoms in total. The molecule has 0 atom stereocenters. The summed E-state index contributed by atoms with van der Waals surface area (Å²) in [6, 6.07) is 22.2. The Morgan fingerprint density at radius 3 is 2.29 bits per heavy atom. The zero-order valence-corrected chi connectivity index (χ0v) is 24.3. The van der Waals surface area contributed by atoms with E-state index in [2.05, 4.69) is 10.2 Å². The minimum absolute atomic E-state index is 0.0422. The number of hydrogen-bond acceptors (Lipinski definition) is 5. The van der Waals surface area contributed by atoms with Gasteiger partial charge in [0.2, 0.25) is 5.91 Å². The number of rotatable bonds is 8. The maximum atomic E-state index is 14.0.